The van der Waals surface area contributed by atoms with E-state index in [2.05, 4.69) is 5.32 Å². The Kier molecular flexibility index (Phi) is 3.78. The van der Waals surface area contributed by atoms with E-state index in [-0.39, 0.29) is 17.9 Å². The Balaban J connectivity index is 2.00. The molecule has 18 heavy (non-hydrogen) atoms. The van der Waals surface area contributed by atoms with E-state index >= 15 is 0 Å². The number of carbonyl (C=O) groups excluding carboxylic acids is 1. The lowest BCUT2D eigenvalue weighted by atomic mass is 10.1. The summed E-state index contributed by atoms with van der Waals surface area (Å²) in [4.78, 5) is 11.9. The Hall–Kier alpha value is -1.26. The number of methoxy groups -OCH3 is 1. The molecule has 0 atom stereocenters. The lowest BCUT2D eigenvalue weighted by Gasteiger charge is -2.13. The van der Waals surface area contributed by atoms with Crippen LogP contribution in [0.3, 0.4) is 0 Å². The normalized spacial score (nSPS) is 16.2. The van der Waals surface area contributed by atoms with Crippen LogP contribution in [0.2, 0.25) is 5.02 Å². The summed E-state index contributed by atoms with van der Waals surface area (Å²) in [7, 11) is 1.51. The Bertz CT molecular complexity index is 458. The molecular formula is C13H16ClNO3. The molecule has 0 aromatic heterocycles. The molecular weight excluding hydrogens is 254 g/mol. The zero-order chi connectivity index (χ0) is 13.2. The van der Waals surface area contributed by atoms with E-state index in [1.165, 1.54) is 7.11 Å². The highest BCUT2D eigenvalue weighted by molar-refractivity contribution is 6.32. The molecule has 2 rings (SSSR count). The minimum Gasteiger partial charge on any atom is -0.495 e. The first-order chi connectivity index (χ1) is 8.60. The number of ether oxygens (including phenoxy) is 1. The first-order valence-corrected chi connectivity index (χ1v) is 6.21. The first-order valence-electron chi connectivity index (χ1n) is 5.83. The van der Waals surface area contributed by atoms with Crippen LogP contribution in [0, 0.1) is 5.41 Å². The van der Waals surface area contributed by atoms with Crippen LogP contribution >= 0.6 is 11.6 Å². The monoisotopic (exact) mass is 269 g/mol. The predicted octanol–water partition coefficient (Wildman–Crippen LogP) is 1.85. The van der Waals surface area contributed by atoms with Crippen LogP contribution in [0.4, 0.5) is 0 Å². The highest BCUT2D eigenvalue weighted by atomic mass is 35.5. The van der Waals surface area contributed by atoms with E-state index in [0.717, 1.165) is 12.8 Å². The van der Waals surface area contributed by atoms with Crippen molar-refractivity contribution >= 4 is 17.5 Å². The molecule has 0 aliphatic heterocycles. The van der Waals surface area contributed by atoms with Crippen molar-refractivity contribution in [1.29, 1.82) is 0 Å². The Morgan fingerprint density at radius 2 is 2.28 bits per heavy atom. The summed E-state index contributed by atoms with van der Waals surface area (Å²) in [6, 6.07) is 4.89. The van der Waals surface area contributed by atoms with Crippen LogP contribution in [0.1, 0.15) is 23.2 Å². The number of carbonyl (C=O) groups is 1. The fourth-order valence-corrected chi connectivity index (χ4v) is 1.93. The molecule has 0 saturated heterocycles. The second kappa shape index (κ2) is 5.16. The molecule has 1 amide bonds. The number of nitrogens with one attached hydrogen (secondary N) is 1. The van der Waals surface area contributed by atoms with E-state index in [4.69, 9.17) is 21.4 Å². The quantitative estimate of drug-likeness (QED) is 0.858. The number of hydrogen-bond donors (Lipinski definition) is 2. The van der Waals surface area contributed by atoms with Gasteiger partial charge in [-0.1, -0.05) is 11.6 Å². The topological polar surface area (TPSA) is 58.6 Å². The number of aliphatic hydroxyl groups excluding tert-OH is 1. The number of hydrogen-bond acceptors (Lipinski definition) is 3. The molecule has 5 heteroatoms. The lowest BCUT2D eigenvalue weighted by molar-refractivity contribution is 0.0935. The van der Waals surface area contributed by atoms with E-state index < -0.39 is 0 Å². The zero-order valence-electron chi connectivity index (χ0n) is 10.2. The molecule has 2 N–H and O–H groups in total. The van der Waals surface area contributed by atoms with Gasteiger partial charge in [0.15, 0.2) is 0 Å². The summed E-state index contributed by atoms with van der Waals surface area (Å²) in [6.45, 7) is 0.629. The predicted molar refractivity (Wildman–Crippen MR) is 69.1 cm³/mol. The number of amides is 1. The van der Waals surface area contributed by atoms with Crippen LogP contribution in [0.25, 0.3) is 0 Å². The molecule has 0 spiro atoms. The van der Waals surface area contributed by atoms with Crippen LogP contribution in [0.5, 0.6) is 5.75 Å². The Labute approximate surface area is 111 Å². The first kappa shape index (κ1) is 13.2. The van der Waals surface area contributed by atoms with Crippen LogP contribution < -0.4 is 10.1 Å². The van der Waals surface area contributed by atoms with E-state index in [9.17, 15) is 4.79 Å². The molecule has 0 radical (unpaired) electrons. The molecule has 0 unspecified atom stereocenters. The molecule has 98 valence electrons. The van der Waals surface area contributed by atoms with Gasteiger partial charge in [-0.05, 0) is 31.0 Å². The number of rotatable bonds is 5. The highest BCUT2D eigenvalue weighted by Crippen LogP contribution is 2.44. The maximum Gasteiger partial charge on any atom is 0.251 e. The van der Waals surface area contributed by atoms with Gasteiger partial charge in [0.2, 0.25) is 0 Å². The third-order valence-corrected chi connectivity index (χ3v) is 3.64. The summed E-state index contributed by atoms with van der Waals surface area (Å²) in [6.07, 6.45) is 1.93. The van der Waals surface area contributed by atoms with Crippen molar-refractivity contribution in [3.05, 3.63) is 28.8 Å². The molecule has 1 aliphatic rings. The standard InChI is InChI=1S/C13H16ClNO3/c1-18-11-6-9(2-3-10(11)14)12(17)15-7-13(8-16)4-5-13/h2-3,6,16H,4-5,7-8H2,1H3,(H,15,17). The number of aliphatic hydroxyl groups is 1. The van der Waals surface area contributed by atoms with E-state index in [1.54, 1.807) is 18.2 Å². The van der Waals surface area contributed by atoms with Crippen LogP contribution in [0.15, 0.2) is 18.2 Å². The van der Waals surface area contributed by atoms with Gasteiger partial charge in [0.25, 0.3) is 5.91 Å². The molecule has 1 aromatic rings. The smallest absolute Gasteiger partial charge is 0.251 e. The second-order valence-electron chi connectivity index (χ2n) is 4.69. The average Bonchev–Trinajstić information content (AvgIpc) is 3.17. The number of benzene rings is 1. The summed E-state index contributed by atoms with van der Waals surface area (Å²) < 4.78 is 5.06. The molecule has 0 heterocycles. The minimum atomic E-state index is -0.176. The average molecular weight is 270 g/mol. The van der Waals surface area contributed by atoms with Gasteiger partial charge >= 0.3 is 0 Å². The third-order valence-electron chi connectivity index (χ3n) is 3.33. The lowest BCUT2D eigenvalue weighted by Crippen LogP contribution is -2.31. The third kappa shape index (κ3) is 2.76. The van der Waals surface area contributed by atoms with Gasteiger partial charge in [-0.15, -0.1) is 0 Å². The minimum absolute atomic E-state index is 0.0911. The second-order valence-corrected chi connectivity index (χ2v) is 5.10. The molecule has 4 nitrogen and oxygen atoms in total. The van der Waals surface area contributed by atoms with Gasteiger partial charge in [-0.3, -0.25) is 4.79 Å². The van der Waals surface area contributed by atoms with Crippen molar-refractivity contribution in [2.75, 3.05) is 20.3 Å². The van der Waals surface area contributed by atoms with Crippen molar-refractivity contribution in [1.82, 2.24) is 5.32 Å². The summed E-state index contributed by atoms with van der Waals surface area (Å²) in [5.74, 6) is 0.303. The SMILES string of the molecule is COc1cc(C(=O)NCC2(CO)CC2)ccc1Cl. The van der Waals surface area contributed by atoms with Crippen LogP contribution in [-0.2, 0) is 0 Å². The van der Waals surface area contributed by atoms with E-state index in [1.807, 2.05) is 0 Å². The summed E-state index contributed by atoms with van der Waals surface area (Å²) >= 11 is 5.89. The summed E-state index contributed by atoms with van der Waals surface area (Å²) in [5.41, 5.74) is 0.414. The van der Waals surface area contributed by atoms with Crippen molar-refractivity contribution in [2.24, 2.45) is 5.41 Å². The van der Waals surface area contributed by atoms with Gasteiger partial charge in [0.05, 0.1) is 18.7 Å². The Morgan fingerprint density at radius 3 is 2.83 bits per heavy atom. The molecule has 0 bridgehead atoms. The fraction of sp³-hybridized carbons (Fsp3) is 0.462. The van der Waals surface area contributed by atoms with Crippen molar-refractivity contribution < 1.29 is 14.6 Å². The van der Waals surface area contributed by atoms with Crippen molar-refractivity contribution in [2.45, 2.75) is 12.8 Å². The Morgan fingerprint density at radius 1 is 1.56 bits per heavy atom. The maximum atomic E-state index is 11.9. The van der Waals surface area contributed by atoms with Crippen molar-refractivity contribution in [3.63, 3.8) is 0 Å². The van der Waals surface area contributed by atoms with Gasteiger partial charge in [0, 0.05) is 17.5 Å². The molecule has 1 aliphatic carbocycles. The molecule has 1 aromatic carbocycles. The van der Waals surface area contributed by atoms with E-state index in [0.29, 0.717) is 22.9 Å². The largest absolute Gasteiger partial charge is 0.495 e. The van der Waals surface area contributed by atoms with Gasteiger partial charge < -0.3 is 15.2 Å². The highest BCUT2D eigenvalue weighted by Gasteiger charge is 2.42. The number of halogens is 1. The summed E-state index contributed by atoms with van der Waals surface area (Å²) in [5, 5.41) is 12.5. The zero-order valence-corrected chi connectivity index (χ0v) is 11.0. The van der Waals surface area contributed by atoms with Crippen LogP contribution in [-0.4, -0.2) is 31.3 Å². The fourth-order valence-electron chi connectivity index (χ4n) is 1.74. The van der Waals surface area contributed by atoms with Gasteiger partial charge in [0.1, 0.15) is 5.75 Å². The molecule has 1 saturated carbocycles. The van der Waals surface area contributed by atoms with Crippen molar-refractivity contribution in [3.8, 4) is 5.75 Å². The van der Waals surface area contributed by atoms with Gasteiger partial charge in [-0.2, -0.15) is 0 Å². The maximum absolute atomic E-state index is 11.9. The molecule has 1 fully saturated rings. The van der Waals surface area contributed by atoms with Gasteiger partial charge in [-0.25, -0.2) is 0 Å².